The van der Waals surface area contributed by atoms with Gasteiger partial charge in [0.15, 0.2) is 11.5 Å². The van der Waals surface area contributed by atoms with Crippen LogP contribution in [0.1, 0.15) is 12.5 Å². The quantitative estimate of drug-likeness (QED) is 0.209. The summed E-state index contributed by atoms with van der Waals surface area (Å²) >= 11 is 5.70. The van der Waals surface area contributed by atoms with Crippen LogP contribution >= 0.6 is 11.6 Å². The Morgan fingerprint density at radius 2 is 1.88 bits per heavy atom. The highest BCUT2D eigenvalue weighted by molar-refractivity contribution is 7.89. The van der Waals surface area contributed by atoms with Gasteiger partial charge in [0.2, 0.25) is 11.1 Å². The number of ether oxygens (including phenoxy) is 2. The Kier molecular flexibility index (Phi) is 6.90. The number of rotatable bonds is 8. The Labute approximate surface area is 200 Å². The number of nitrogens with one attached hydrogen (secondary N) is 1. The predicted molar refractivity (Wildman–Crippen MR) is 127 cm³/mol. The summed E-state index contributed by atoms with van der Waals surface area (Å²) in [5.74, 6) is -0.687. The minimum absolute atomic E-state index is 0.0904. The molecule has 0 amide bonds. The maximum atomic E-state index is 13.9. The Bertz CT molecular complexity index is 1480. The number of benzene rings is 3. The van der Waals surface area contributed by atoms with Crippen molar-refractivity contribution in [2.75, 3.05) is 6.61 Å². The topological polar surface area (TPSA) is 103 Å². The minimum atomic E-state index is -3.87. The normalized spacial score (nSPS) is 11.6. The Morgan fingerprint density at radius 1 is 1.09 bits per heavy atom. The van der Waals surface area contributed by atoms with E-state index in [0.717, 1.165) is 17.0 Å². The molecule has 3 aromatic carbocycles. The molecule has 0 aliphatic rings. The molecule has 11 heteroatoms. The molecule has 8 nitrogen and oxygen atoms in total. The van der Waals surface area contributed by atoms with Crippen molar-refractivity contribution in [3.8, 4) is 17.4 Å². The molecule has 0 atom stereocenters. The van der Waals surface area contributed by atoms with Crippen molar-refractivity contribution >= 4 is 38.6 Å². The van der Waals surface area contributed by atoms with Crippen LogP contribution < -0.4 is 14.3 Å². The largest absolute Gasteiger partial charge is 0.490 e. The van der Waals surface area contributed by atoms with Gasteiger partial charge in [-0.15, -0.1) is 0 Å². The molecule has 1 N–H and O–H groups in total. The van der Waals surface area contributed by atoms with Crippen molar-refractivity contribution in [1.82, 2.24) is 14.8 Å². The van der Waals surface area contributed by atoms with E-state index in [4.69, 9.17) is 21.1 Å². The summed E-state index contributed by atoms with van der Waals surface area (Å²) < 4.78 is 50.2. The molecule has 34 heavy (non-hydrogen) atoms. The predicted octanol–water partition coefficient (Wildman–Crippen LogP) is 4.93. The van der Waals surface area contributed by atoms with Gasteiger partial charge in [-0.2, -0.15) is 22.9 Å². The lowest BCUT2D eigenvalue weighted by Gasteiger charge is -2.12. The molecule has 4 aromatic rings. The van der Waals surface area contributed by atoms with Crippen molar-refractivity contribution < 1.29 is 22.3 Å². The van der Waals surface area contributed by atoms with Crippen molar-refractivity contribution in [2.24, 2.45) is 5.10 Å². The molecular formula is C23H18ClFN4O4S. The summed E-state index contributed by atoms with van der Waals surface area (Å²) in [6.45, 7) is 2.07. The van der Waals surface area contributed by atoms with Gasteiger partial charge in [0.1, 0.15) is 0 Å². The third kappa shape index (κ3) is 5.41. The van der Waals surface area contributed by atoms with Gasteiger partial charge in [0.25, 0.3) is 15.9 Å². The maximum Gasteiger partial charge on any atom is 0.276 e. The highest BCUT2D eigenvalue weighted by atomic mass is 35.5. The van der Waals surface area contributed by atoms with Gasteiger partial charge in [-0.3, -0.25) is 0 Å². The summed E-state index contributed by atoms with van der Waals surface area (Å²) in [6.07, 6.45) is 2.21. The number of halogens is 2. The average molecular weight is 501 g/mol. The van der Waals surface area contributed by atoms with E-state index in [0.29, 0.717) is 12.2 Å². The zero-order chi connectivity index (χ0) is 24.1. The van der Waals surface area contributed by atoms with Crippen LogP contribution in [0.15, 0.2) is 76.9 Å². The lowest BCUT2D eigenvalue weighted by atomic mass is 10.1. The lowest BCUT2D eigenvalue weighted by Crippen LogP contribution is -2.18. The van der Waals surface area contributed by atoms with Gasteiger partial charge in [0, 0.05) is 0 Å². The van der Waals surface area contributed by atoms with Crippen LogP contribution in [0.4, 0.5) is 4.39 Å². The van der Waals surface area contributed by atoms with Crippen LogP contribution in [0.3, 0.4) is 0 Å². The molecule has 0 radical (unpaired) electrons. The molecule has 0 spiro atoms. The van der Waals surface area contributed by atoms with E-state index in [2.05, 4.69) is 19.9 Å². The van der Waals surface area contributed by atoms with Crippen molar-refractivity contribution in [3.63, 3.8) is 0 Å². The molecule has 1 aromatic heterocycles. The Hall–Kier alpha value is -3.76. The first kappa shape index (κ1) is 23.4. The second-order valence-electron chi connectivity index (χ2n) is 6.90. The first-order valence-electron chi connectivity index (χ1n) is 10.0. The summed E-state index contributed by atoms with van der Waals surface area (Å²) in [5.41, 5.74) is 0.512. The van der Waals surface area contributed by atoms with Gasteiger partial charge < -0.3 is 9.47 Å². The number of sulfonamides is 1. The zero-order valence-corrected chi connectivity index (χ0v) is 19.3. The number of hydrazone groups is 1. The molecule has 0 unspecified atom stereocenters. The van der Waals surface area contributed by atoms with Crippen LogP contribution in [0.5, 0.6) is 17.4 Å². The van der Waals surface area contributed by atoms with Gasteiger partial charge >= 0.3 is 0 Å². The van der Waals surface area contributed by atoms with E-state index in [1.54, 1.807) is 31.2 Å². The van der Waals surface area contributed by atoms with Gasteiger partial charge in [-0.25, -0.2) is 9.82 Å². The van der Waals surface area contributed by atoms with E-state index in [1.165, 1.54) is 18.3 Å². The van der Waals surface area contributed by atoms with Gasteiger partial charge in [-0.1, -0.05) is 30.3 Å². The van der Waals surface area contributed by atoms with Crippen LogP contribution in [0, 0.1) is 5.82 Å². The molecule has 1 heterocycles. The van der Waals surface area contributed by atoms with Crippen molar-refractivity contribution in [3.05, 3.63) is 83.5 Å². The third-order valence-electron chi connectivity index (χ3n) is 4.57. The molecule has 174 valence electrons. The summed E-state index contributed by atoms with van der Waals surface area (Å²) in [5, 5.41) is 5.41. The zero-order valence-electron chi connectivity index (χ0n) is 17.8. The smallest absolute Gasteiger partial charge is 0.276 e. The lowest BCUT2D eigenvalue weighted by molar-refractivity contribution is 0.316. The number of fused-ring (bicyclic) bond motifs is 1. The van der Waals surface area contributed by atoms with Crippen LogP contribution in [-0.2, 0) is 10.0 Å². The number of hydrogen-bond acceptors (Lipinski definition) is 7. The van der Waals surface area contributed by atoms with E-state index >= 15 is 0 Å². The Balaban J connectivity index is 1.52. The van der Waals surface area contributed by atoms with Gasteiger partial charge in [0.05, 0.1) is 23.9 Å². The standard InChI is InChI=1S/C23H18ClFN4O4S/c1-2-32-21-11-15(7-10-20(21)33-22-19(25)14-26-23(24)28-22)13-27-29-34(30,31)18-9-8-16-5-3-4-6-17(16)12-18/h3-14,29H,2H2,1H3/b27-13+. The molecular weight excluding hydrogens is 483 g/mol. The highest BCUT2D eigenvalue weighted by Crippen LogP contribution is 2.33. The fourth-order valence-corrected chi connectivity index (χ4v) is 3.97. The monoisotopic (exact) mass is 500 g/mol. The highest BCUT2D eigenvalue weighted by Gasteiger charge is 2.15. The average Bonchev–Trinajstić information content (AvgIpc) is 2.82. The van der Waals surface area contributed by atoms with Crippen LogP contribution in [0.2, 0.25) is 5.28 Å². The molecule has 0 saturated heterocycles. The second kappa shape index (κ2) is 10.0. The van der Waals surface area contributed by atoms with E-state index in [-0.39, 0.29) is 27.6 Å². The third-order valence-corrected chi connectivity index (χ3v) is 5.98. The molecule has 0 fully saturated rings. The number of nitrogens with zero attached hydrogens (tertiary/aromatic N) is 3. The fraction of sp³-hybridized carbons (Fsp3) is 0.0870. The first-order valence-corrected chi connectivity index (χ1v) is 11.9. The number of aromatic nitrogens is 2. The summed E-state index contributed by atoms with van der Waals surface area (Å²) in [4.78, 5) is 9.54. The van der Waals surface area contributed by atoms with Crippen molar-refractivity contribution in [1.29, 1.82) is 0 Å². The van der Waals surface area contributed by atoms with E-state index in [9.17, 15) is 12.8 Å². The SMILES string of the molecule is CCOc1cc(/C=N/NS(=O)(=O)c2ccc3ccccc3c2)ccc1Oc1nc(Cl)ncc1F. The van der Waals surface area contributed by atoms with E-state index < -0.39 is 15.8 Å². The fourth-order valence-electron chi connectivity index (χ4n) is 3.02. The van der Waals surface area contributed by atoms with Crippen LogP contribution in [0.25, 0.3) is 10.8 Å². The van der Waals surface area contributed by atoms with E-state index in [1.807, 2.05) is 24.3 Å². The second-order valence-corrected chi connectivity index (χ2v) is 8.89. The molecule has 0 bridgehead atoms. The summed E-state index contributed by atoms with van der Waals surface area (Å²) in [6, 6.07) is 16.9. The first-order chi connectivity index (χ1) is 16.4. The molecule has 0 aliphatic carbocycles. The summed E-state index contributed by atoms with van der Waals surface area (Å²) in [7, 11) is -3.87. The van der Waals surface area contributed by atoms with Crippen molar-refractivity contribution in [2.45, 2.75) is 11.8 Å². The molecule has 0 saturated carbocycles. The Morgan fingerprint density at radius 3 is 2.68 bits per heavy atom. The maximum absolute atomic E-state index is 13.9. The molecule has 0 aliphatic heterocycles. The van der Waals surface area contributed by atoms with Crippen LogP contribution in [-0.4, -0.2) is 31.2 Å². The molecule has 4 rings (SSSR count). The number of hydrogen-bond donors (Lipinski definition) is 1. The van der Waals surface area contributed by atoms with Gasteiger partial charge in [-0.05, 0) is 65.2 Å². The minimum Gasteiger partial charge on any atom is -0.490 e.